The standard InChI is InChI=1S/C9H10BrN3O/c10-6-1-2-11-8(3-6)13-7-4-9(14)12-5-7/h1-3,7H,4-5H2,(H,11,13)(H,12,14). The van der Waals surface area contributed by atoms with Crippen molar-refractivity contribution in [1.82, 2.24) is 10.3 Å². The van der Waals surface area contributed by atoms with Gasteiger partial charge in [-0.15, -0.1) is 0 Å². The van der Waals surface area contributed by atoms with Gasteiger partial charge in [0, 0.05) is 23.6 Å². The maximum absolute atomic E-state index is 10.9. The highest BCUT2D eigenvalue weighted by Gasteiger charge is 2.21. The summed E-state index contributed by atoms with van der Waals surface area (Å²) < 4.78 is 0.979. The number of amides is 1. The number of rotatable bonds is 2. The van der Waals surface area contributed by atoms with Crippen LogP contribution in [0.2, 0.25) is 0 Å². The maximum Gasteiger partial charge on any atom is 0.222 e. The zero-order valence-electron chi connectivity index (χ0n) is 7.46. The molecule has 5 heteroatoms. The highest BCUT2D eigenvalue weighted by atomic mass is 79.9. The number of nitrogens with zero attached hydrogens (tertiary/aromatic N) is 1. The van der Waals surface area contributed by atoms with Crippen molar-refractivity contribution in [2.45, 2.75) is 12.5 Å². The molecule has 74 valence electrons. The molecule has 2 heterocycles. The van der Waals surface area contributed by atoms with Crippen LogP contribution in [-0.2, 0) is 4.79 Å². The lowest BCUT2D eigenvalue weighted by atomic mass is 10.2. The highest BCUT2D eigenvalue weighted by Crippen LogP contribution is 2.14. The van der Waals surface area contributed by atoms with Crippen molar-refractivity contribution in [1.29, 1.82) is 0 Å². The van der Waals surface area contributed by atoms with Crippen LogP contribution < -0.4 is 10.6 Å². The molecule has 2 N–H and O–H groups in total. The second kappa shape index (κ2) is 3.96. The summed E-state index contributed by atoms with van der Waals surface area (Å²) in [5.74, 6) is 0.887. The van der Waals surface area contributed by atoms with E-state index in [1.165, 1.54) is 0 Å². The number of anilines is 1. The molecule has 1 aromatic heterocycles. The largest absolute Gasteiger partial charge is 0.365 e. The smallest absolute Gasteiger partial charge is 0.222 e. The summed E-state index contributed by atoms with van der Waals surface area (Å²) >= 11 is 3.36. The van der Waals surface area contributed by atoms with E-state index in [9.17, 15) is 4.79 Å². The van der Waals surface area contributed by atoms with E-state index < -0.39 is 0 Å². The summed E-state index contributed by atoms with van der Waals surface area (Å²) in [6, 6.07) is 3.91. The van der Waals surface area contributed by atoms with Crippen molar-refractivity contribution in [2.24, 2.45) is 0 Å². The fraction of sp³-hybridized carbons (Fsp3) is 0.333. The lowest BCUT2D eigenvalue weighted by Gasteiger charge is -2.10. The van der Waals surface area contributed by atoms with Crippen LogP contribution >= 0.6 is 15.9 Å². The van der Waals surface area contributed by atoms with Gasteiger partial charge in [0.05, 0.1) is 6.04 Å². The Labute approximate surface area is 90.2 Å². The van der Waals surface area contributed by atoms with Gasteiger partial charge in [-0.05, 0) is 12.1 Å². The minimum atomic E-state index is 0.0949. The number of hydrogen-bond acceptors (Lipinski definition) is 3. The van der Waals surface area contributed by atoms with Crippen molar-refractivity contribution < 1.29 is 4.79 Å². The fourth-order valence-corrected chi connectivity index (χ4v) is 1.74. The molecule has 1 aliphatic heterocycles. The minimum absolute atomic E-state index is 0.0949. The van der Waals surface area contributed by atoms with Gasteiger partial charge in [0.1, 0.15) is 5.82 Å². The lowest BCUT2D eigenvalue weighted by Crippen LogP contribution is -2.22. The van der Waals surface area contributed by atoms with E-state index in [1.807, 2.05) is 12.1 Å². The van der Waals surface area contributed by atoms with Gasteiger partial charge in [0.25, 0.3) is 0 Å². The first-order valence-corrected chi connectivity index (χ1v) is 5.18. The molecule has 1 amide bonds. The van der Waals surface area contributed by atoms with Crippen LogP contribution in [0.4, 0.5) is 5.82 Å². The molecule has 0 radical (unpaired) electrons. The van der Waals surface area contributed by atoms with Crippen LogP contribution in [0.15, 0.2) is 22.8 Å². The molecule has 14 heavy (non-hydrogen) atoms. The summed E-state index contributed by atoms with van der Waals surface area (Å²) in [4.78, 5) is 15.1. The Morgan fingerprint density at radius 3 is 3.14 bits per heavy atom. The van der Waals surface area contributed by atoms with E-state index in [2.05, 4.69) is 31.5 Å². The Balaban J connectivity index is 2.00. The monoisotopic (exact) mass is 255 g/mol. The molecular weight excluding hydrogens is 246 g/mol. The van der Waals surface area contributed by atoms with Crippen molar-refractivity contribution in [2.75, 3.05) is 11.9 Å². The summed E-state index contributed by atoms with van der Waals surface area (Å²) in [6.45, 7) is 0.674. The predicted molar refractivity (Wildman–Crippen MR) is 57.0 cm³/mol. The summed E-state index contributed by atoms with van der Waals surface area (Å²) in [5.41, 5.74) is 0. The second-order valence-corrected chi connectivity index (χ2v) is 4.12. The third kappa shape index (κ3) is 2.23. The third-order valence-electron chi connectivity index (χ3n) is 2.05. The molecule has 1 atom stereocenters. The molecule has 1 aromatic rings. The molecule has 0 aliphatic carbocycles. The Morgan fingerprint density at radius 1 is 1.64 bits per heavy atom. The highest BCUT2D eigenvalue weighted by molar-refractivity contribution is 9.10. The van der Waals surface area contributed by atoms with Crippen LogP contribution in [0.5, 0.6) is 0 Å². The van der Waals surface area contributed by atoms with Gasteiger partial charge in [-0.2, -0.15) is 0 Å². The van der Waals surface area contributed by atoms with Crippen LogP contribution in [0.3, 0.4) is 0 Å². The molecule has 1 unspecified atom stereocenters. The Bertz CT molecular complexity index is 356. The van der Waals surface area contributed by atoms with Gasteiger partial charge in [-0.25, -0.2) is 4.98 Å². The van der Waals surface area contributed by atoms with Gasteiger partial charge in [-0.3, -0.25) is 4.79 Å². The van der Waals surface area contributed by atoms with E-state index in [4.69, 9.17) is 0 Å². The Hall–Kier alpha value is -1.10. The first-order chi connectivity index (χ1) is 6.74. The first-order valence-electron chi connectivity index (χ1n) is 4.39. The van der Waals surface area contributed by atoms with Crippen molar-refractivity contribution >= 4 is 27.7 Å². The summed E-state index contributed by atoms with van der Waals surface area (Å²) in [7, 11) is 0. The Kier molecular flexibility index (Phi) is 2.67. The molecule has 1 fully saturated rings. The number of pyridine rings is 1. The van der Waals surface area contributed by atoms with Gasteiger partial charge in [-0.1, -0.05) is 15.9 Å². The van der Waals surface area contributed by atoms with Gasteiger partial charge >= 0.3 is 0 Å². The maximum atomic E-state index is 10.9. The van der Waals surface area contributed by atoms with E-state index in [0.29, 0.717) is 13.0 Å². The normalized spacial score (nSPS) is 20.6. The van der Waals surface area contributed by atoms with E-state index in [1.54, 1.807) is 6.20 Å². The molecule has 1 saturated heterocycles. The average molecular weight is 256 g/mol. The summed E-state index contributed by atoms with van der Waals surface area (Å²) in [6.07, 6.45) is 2.24. The number of nitrogens with one attached hydrogen (secondary N) is 2. The van der Waals surface area contributed by atoms with Crippen molar-refractivity contribution in [3.8, 4) is 0 Å². The van der Waals surface area contributed by atoms with E-state index in [-0.39, 0.29) is 11.9 Å². The third-order valence-corrected chi connectivity index (χ3v) is 2.54. The van der Waals surface area contributed by atoms with Crippen molar-refractivity contribution in [3.63, 3.8) is 0 Å². The van der Waals surface area contributed by atoms with Crippen molar-refractivity contribution in [3.05, 3.63) is 22.8 Å². The number of aromatic nitrogens is 1. The number of hydrogen-bond donors (Lipinski definition) is 2. The van der Waals surface area contributed by atoms with E-state index >= 15 is 0 Å². The zero-order valence-corrected chi connectivity index (χ0v) is 9.04. The zero-order chi connectivity index (χ0) is 9.97. The summed E-state index contributed by atoms with van der Waals surface area (Å²) in [5, 5.41) is 5.95. The molecular formula is C9H10BrN3O. The Morgan fingerprint density at radius 2 is 2.50 bits per heavy atom. The number of halogens is 1. The average Bonchev–Trinajstić information content (AvgIpc) is 2.51. The fourth-order valence-electron chi connectivity index (χ4n) is 1.40. The quantitative estimate of drug-likeness (QED) is 0.834. The molecule has 0 spiro atoms. The van der Waals surface area contributed by atoms with Crippen LogP contribution in [0.1, 0.15) is 6.42 Å². The second-order valence-electron chi connectivity index (χ2n) is 3.21. The minimum Gasteiger partial charge on any atom is -0.365 e. The van der Waals surface area contributed by atoms with Crippen LogP contribution in [0.25, 0.3) is 0 Å². The SMILES string of the molecule is O=C1CC(Nc2cc(Br)ccn2)CN1. The molecule has 0 saturated carbocycles. The molecule has 1 aliphatic rings. The number of carbonyl (C=O) groups is 1. The molecule has 2 rings (SSSR count). The molecule has 4 nitrogen and oxygen atoms in total. The van der Waals surface area contributed by atoms with Gasteiger partial charge < -0.3 is 10.6 Å². The van der Waals surface area contributed by atoms with Gasteiger partial charge in [0.2, 0.25) is 5.91 Å². The lowest BCUT2D eigenvalue weighted by molar-refractivity contribution is -0.119. The topological polar surface area (TPSA) is 54.0 Å². The van der Waals surface area contributed by atoms with Gasteiger partial charge in [0.15, 0.2) is 0 Å². The molecule has 0 aromatic carbocycles. The predicted octanol–water partition coefficient (Wildman–Crippen LogP) is 1.14. The van der Waals surface area contributed by atoms with Crippen LogP contribution in [0, 0.1) is 0 Å². The van der Waals surface area contributed by atoms with Crippen LogP contribution in [-0.4, -0.2) is 23.5 Å². The number of carbonyl (C=O) groups excluding carboxylic acids is 1. The van der Waals surface area contributed by atoms with E-state index in [0.717, 1.165) is 10.3 Å². The molecule has 0 bridgehead atoms. The first kappa shape index (κ1) is 9.45.